The van der Waals surface area contributed by atoms with Crippen LogP contribution in [0.25, 0.3) is 0 Å². The highest BCUT2D eigenvalue weighted by Crippen LogP contribution is 2.32. The van der Waals surface area contributed by atoms with Gasteiger partial charge in [-0.15, -0.1) is 0 Å². The monoisotopic (exact) mass is 429 g/mol. The summed E-state index contributed by atoms with van der Waals surface area (Å²) in [5.41, 5.74) is 6.62. The number of carboxylic acids is 1. The van der Waals surface area contributed by atoms with Gasteiger partial charge in [-0.05, 0) is 53.6 Å². The van der Waals surface area contributed by atoms with Crippen LogP contribution in [-0.4, -0.2) is 29.1 Å². The zero-order valence-electron chi connectivity index (χ0n) is 18.7. The van der Waals surface area contributed by atoms with Crippen molar-refractivity contribution in [1.29, 1.82) is 0 Å². The predicted octanol–water partition coefficient (Wildman–Crippen LogP) is 4.74. The number of carboxylic acid groups (broad SMARTS) is 1. The molecule has 5 heteroatoms. The van der Waals surface area contributed by atoms with E-state index in [0.29, 0.717) is 5.92 Å². The zero-order chi connectivity index (χ0) is 22.5. The lowest BCUT2D eigenvalue weighted by Crippen LogP contribution is -2.37. The SMILES string of the molecule is Cc1ccc([C@@H](C)CN[C@H](c2ccccc2)[C@H]2CNc3cccnc3C2)cc1CC(=O)O. The Morgan fingerprint density at radius 1 is 1.16 bits per heavy atom. The van der Waals surface area contributed by atoms with E-state index in [-0.39, 0.29) is 18.4 Å². The summed E-state index contributed by atoms with van der Waals surface area (Å²) < 4.78 is 0. The molecule has 1 aliphatic heterocycles. The Balaban J connectivity index is 1.51. The number of pyridine rings is 1. The Kier molecular flexibility index (Phi) is 6.86. The number of rotatable bonds is 8. The van der Waals surface area contributed by atoms with E-state index in [2.05, 4.69) is 71.1 Å². The van der Waals surface area contributed by atoms with Gasteiger partial charge in [0.15, 0.2) is 0 Å². The number of hydrogen-bond donors (Lipinski definition) is 3. The van der Waals surface area contributed by atoms with Crippen molar-refractivity contribution in [3.8, 4) is 0 Å². The van der Waals surface area contributed by atoms with E-state index in [1.54, 1.807) is 0 Å². The first kappa shape index (κ1) is 22.0. The third-order valence-electron chi connectivity index (χ3n) is 6.46. The van der Waals surface area contributed by atoms with Crippen molar-refractivity contribution < 1.29 is 9.90 Å². The molecule has 166 valence electrons. The minimum absolute atomic E-state index is 0.0621. The summed E-state index contributed by atoms with van der Waals surface area (Å²) in [5, 5.41) is 16.6. The van der Waals surface area contributed by atoms with E-state index in [0.717, 1.165) is 42.0 Å². The molecule has 3 aromatic rings. The maximum atomic E-state index is 11.2. The predicted molar refractivity (Wildman–Crippen MR) is 128 cm³/mol. The van der Waals surface area contributed by atoms with Gasteiger partial charge in [0.2, 0.25) is 0 Å². The van der Waals surface area contributed by atoms with Gasteiger partial charge in [0.1, 0.15) is 0 Å². The van der Waals surface area contributed by atoms with Gasteiger partial charge >= 0.3 is 5.97 Å². The molecule has 0 amide bonds. The van der Waals surface area contributed by atoms with Crippen LogP contribution >= 0.6 is 0 Å². The van der Waals surface area contributed by atoms with E-state index < -0.39 is 5.97 Å². The summed E-state index contributed by atoms with van der Waals surface area (Å²) in [5.74, 6) is -0.150. The van der Waals surface area contributed by atoms with Crippen LogP contribution in [0.2, 0.25) is 0 Å². The van der Waals surface area contributed by atoms with Gasteiger partial charge in [-0.1, -0.05) is 55.5 Å². The van der Waals surface area contributed by atoms with Crippen LogP contribution in [0.5, 0.6) is 0 Å². The molecule has 3 N–H and O–H groups in total. The Hall–Kier alpha value is -3.18. The second-order valence-corrected chi connectivity index (χ2v) is 8.80. The zero-order valence-corrected chi connectivity index (χ0v) is 18.7. The molecule has 0 fully saturated rings. The molecule has 0 aliphatic carbocycles. The molecule has 3 atom stereocenters. The van der Waals surface area contributed by atoms with Gasteiger partial charge in [-0.3, -0.25) is 9.78 Å². The van der Waals surface area contributed by atoms with Crippen molar-refractivity contribution in [2.45, 2.75) is 38.6 Å². The maximum Gasteiger partial charge on any atom is 0.307 e. The average molecular weight is 430 g/mol. The molecule has 0 saturated carbocycles. The van der Waals surface area contributed by atoms with Crippen molar-refractivity contribution in [3.63, 3.8) is 0 Å². The van der Waals surface area contributed by atoms with Gasteiger partial charge in [-0.25, -0.2) is 0 Å². The first-order valence-electron chi connectivity index (χ1n) is 11.3. The van der Waals surface area contributed by atoms with E-state index in [1.165, 1.54) is 11.1 Å². The largest absolute Gasteiger partial charge is 0.481 e. The quantitative estimate of drug-likeness (QED) is 0.482. The number of nitrogens with one attached hydrogen (secondary N) is 2. The van der Waals surface area contributed by atoms with Crippen LogP contribution in [-0.2, 0) is 17.6 Å². The number of carbonyl (C=O) groups is 1. The summed E-state index contributed by atoms with van der Waals surface area (Å²) >= 11 is 0. The standard InChI is InChI=1S/C27H31N3O2/c1-18-10-11-21(13-22(18)15-26(31)32)19(2)16-30-27(20-7-4-3-5-8-20)23-14-25-24(29-17-23)9-6-12-28-25/h3-13,19,23,27,29-30H,14-17H2,1-2H3,(H,31,32)/t19-,23+,27+/m0/s1. The van der Waals surface area contributed by atoms with Crippen LogP contribution in [0.4, 0.5) is 5.69 Å². The highest BCUT2D eigenvalue weighted by molar-refractivity contribution is 5.70. The van der Waals surface area contributed by atoms with Crippen molar-refractivity contribution in [1.82, 2.24) is 10.3 Å². The summed E-state index contributed by atoms with van der Waals surface area (Å²) in [7, 11) is 0. The molecular formula is C27H31N3O2. The number of anilines is 1. The van der Waals surface area contributed by atoms with Crippen molar-refractivity contribution >= 4 is 11.7 Å². The number of aliphatic carboxylic acids is 1. The topological polar surface area (TPSA) is 74.2 Å². The van der Waals surface area contributed by atoms with E-state index in [9.17, 15) is 9.90 Å². The summed E-state index contributed by atoms with van der Waals surface area (Å²) in [6.07, 6.45) is 2.85. The second kappa shape index (κ2) is 9.96. The van der Waals surface area contributed by atoms with Gasteiger partial charge < -0.3 is 15.7 Å². The molecule has 2 heterocycles. The first-order chi connectivity index (χ1) is 15.5. The molecule has 0 unspecified atom stereocenters. The summed E-state index contributed by atoms with van der Waals surface area (Å²) in [6, 6.07) is 21.1. The third kappa shape index (κ3) is 5.17. The fourth-order valence-electron chi connectivity index (χ4n) is 4.55. The smallest absolute Gasteiger partial charge is 0.307 e. The Morgan fingerprint density at radius 3 is 2.75 bits per heavy atom. The van der Waals surface area contributed by atoms with Gasteiger partial charge in [0, 0.05) is 31.2 Å². The van der Waals surface area contributed by atoms with Crippen molar-refractivity contribution in [3.05, 3.63) is 94.8 Å². The molecule has 0 spiro atoms. The van der Waals surface area contributed by atoms with Gasteiger partial charge in [0.25, 0.3) is 0 Å². The molecular weight excluding hydrogens is 398 g/mol. The summed E-state index contributed by atoms with van der Waals surface area (Å²) in [4.78, 5) is 15.8. The molecule has 4 rings (SSSR count). The molecule has 1 aliphatic rings. The molecule has 2 aromatic carbocycles. The highest BCUT2D eigenvalue weighted by Gasteiger charge is 2.28. The van der Waals surface area contributed by atoms with Crippen LogP contribution < -0.4 is 10.6 Å². The van der Waals surface area contributed by atoms with E-state index in [4.69, 9.17) is 0 Å². The summed E-state index contributed by atoms with van der Waals surface area (Å²) in [6.45, 7) is 5.87. The lowest BCUT2D eigenvalue weighted by molar-refractivity contribution is -0.136. The lowest BCUT2D eigenvalue weighted by Gasteiger charge is -2.33. The number of fused-ring (bicyclic) bond motifs is 1. The van der Waals surface area contributed by atoms with Crippen LogP contribution in [0.15, 0.2) is 66.9 Å². The highest BCUT2D eigenvalue weighted by atomic mass is 16.4. The third-order valence-corrected chi connectivity index (χ3v) is 6.46. The molecule has 5 nitrogen and oxygen atoms in total. The Bertz CT molecular complexity index is 1070. The molecule has 0 radical (unpaired) electrons. The number of nitrogens with zero attached hydrogens (tertiary/aromatic N) is 1. The Labute approximate surface area is 189 Å². The van der Waals surface area contributed by atoms with Crippen LogP contribution in [0.1, 0.15) is 46.8 Å². The molecule has 32 heavy (non-hydrogen) atoms. The number of benzene rings is 2. The minimum Gasteiger partial charge on any atom is -0.481 e. The fraction of sp³-hybridized carbons (Fsp3) is 0.333. The first-order valence-corrected chi connectivity index (χ1v) is 11.3. The Morgan fingerprint density at radius 2 is 1.97 bits per heavy atom. The number of aryl methyl sites for hydroxylation is 1. The average Bonchev–Trinajstić information content (AvgIpc) is 2.81. The second-order valence-electron chi connectivity index (χ2n) is 8.80. The van der Waals surface area contributed by atoms with Crippen LogP contribution in [0, 0.1) is 12.8 Å². The van der Waals surface area contributed by atoms with Gasteiger partial charge in [-0.2, -0.15) is 0 Å². The normalized spacial score (nSPS) is 17.1. The van der Waals surface area contributed by atoms with Crippen molar-refractivity contribution in [2.75, 3.05) is 18.4 Å². The fourth-order valence-corrected chi connectivity index (χ4v) is 4.55. The van der Waals surface area contributed by atoms with Crippen LogP contribution in [0.3, 0.4) is 0 Å². The minimum atomic E-state index is -0.793. The van der Waals surface area contributed by atoms with E-state index >= 15 is 0 Å². The molecule has 0 saturated heterocycles. The molecule has 0 bridgehead atoms. The van der Waals surface area contributed by atoms with E-state index in [1.807, 2.05) is 25.3 Å². The maximum absolute atomic E-state index is 11.2. The van der Waals surface area contributed by atoms with Crippen molar-refractivity contribution in [2.24, 2.45) is 5.92 Å². The van der Waals surface area contributed by atoms with Gasteiger partial charge in [0.05, 0.1) is 17.8 Å². The number of aromatic nitrogens is 1. The number of hydrogen-bond acceptors (Lipinski definition) is 4. The molecule has 1 aromatic heterocycles. The lowest BCUT2D eigenvalue weighted by atomic mass is 9.86.